The van der Waals surface area contributed by atoms with E-state index >= 15 is 0 Å². The van der Waals surface area contributed by atoms with E-state index in [0.717, 1.165) is 6.92 Å². The average molecular weight is 180 g/mol. The quantitative estimate of drug-likeness (QED) is 0.701. The number of aliphatic hydroxyl groups is 1. The van der Waals surface area contributed by atoms with Crippen molar-refractivity contribution in [2.24, 2.45) is 0 Å². The lowest BCUT2D eigenvalue weighted by Crippen LogP contribution is -2.12. The zero-order valence-electron chi connectivity index (χ0n) is 7.08. The largest absolute Gasteiger partial charge is 0.358 e. The molecule has 1 atom stereocenters. The zero-order valence-corrected chi connectivity index (χ0v) is 7.08. The molecule has 2 aromatic rings. The summed E-state index contributed by atoms with van der Waals surface area (Å²) in [5.41, 5.74) is 0.797. The van der Waals surface area contributed by atoms with Crippen LogP contribution < -0.4 is 0 Å². The van der Waals surface area contributed by atoms with Gasteiger partial charge in [0.25, 0.3) is 0 Å². The van der Waals surface area contributed by atoms with Crippen molar-refractivity contribution in [3.63, 3.8) is 0 Å². The van der Waals surface area contributed by atoms with Crippen LogP contribution in [0.2, 0.25) is 0 Å². The summed E-state index contributed by atoms with van der Waals surface area (Å²) in [7, 11) is 0. The molecule has 68 valence electrons. The van der Waals surface area contributed by atoms with E-state index in [9.17, 15) is 4.39 Å². The minimum atomic E-state index is -2.32. The lowest BCUT2D eigenvalue weighted by molar-refractivity contribution is -0.0755. The Labute approximate surface area is 74.2 Å². The van der Waals surface area contributed by atoms with E-state index in [2.05, 4.69) is 9.97 Å². The number of alkyl halides is 1. The first-order valence-electron chi connectivity index (χ1n) is 3.93. The Hall–Kier alpha value is -1.42. The fourth-order valence-corrected chi connectivity index (χ4v) is 1.33. The lowest BCUT2D eigenvalue weighted by atomic mass is 10.1. The van der Waals surface area contributed by atoms with Crippen LogP contribution in [0.4, 0.5) is 4.39 Å². The Morgan fingerprint density at radius 3 is 3.08 bits per heavy atom. The smallest absolute Gasteiger partial charge is 0.232 e. The van der Waals surface area contributed by atoms with Gasteiger partial charge in [0.1, 0.15) is 5.65 Å². The van der Waals surface area contributed by atoms with Gasteiger partial charge in [-0.05, 0) is 19.1 Å². The molecule has 2 rings (SSSR count). The number of halogens is 1. The van der Waals surface area contributed by atoms with Crippen molar-refractivity contribution in [3.05, 3.63) is 30.1 Å². The third kappa shape index (κ3) is 1.29. The topological polar surface area (TPSA) is 48.9 Å². The second kappa shape index (κ2) is 2.53. The van der Waals surface area contributed by atoms with Crippen LogP contribution in [-0.4, -0.2) is 15.1 Å². The van der Waals surface area contributed by atoms with E-state index < -0.39 is 5.85 Å². The number of aromatic nitrogens is 2. The number of aromatic amines is 1. The predicted molar refractivity (Wildman–Crippen MR) is 46.8 cm³/mol. The summed E-state index contributed by atoms with van der Waals surface area (Å²) in [6.45, 7) is 1.10. The Morgan fingerprint density at radius 1 is 1.62 bits per heavy atom. The van der Waals surface area contributed by atoms with Gasteiger partial charge in [0, 0.05) is 23.3 Å². The van der Waals surface area contributed by atoms with Crippen LogP contribution in [0.25, 0.3) is 11.0 Å². The molecule has 2 heterocycles. The summed E-state index contributed by atoms with van der Waals surface area (Å²) in [5.74, 6) is -2.32. The zero-order chi connectivity index (χ0) is 9.47. The number of fused-ring (bicyclic) bond motifs is 1. The van der Waals surface area contributed by atoms with Gasteiger partial charge in [-0.25, -0.2) is 9.37 Å². The second-order valence-corrected chi connectivity index (χ2v) is 3.06. The molecule has 0 saturated heterocycles. The molecular formula is C9H9FN2O. The van der Waals surface area contributed by atoms with Crippen molar-refractivity contribution in [2.75, 3.05) is 0 Å². The van der Waals surface area contributed by atoms with Crippen LogP contribution in [0.3, 0.4) is 0 Å². The summed E-state index contributed by atoms with van der Waals surface area (Å²) in [6, 6.07) is 3.41. The molecular weight excluding hydrogens is 171 g/mol. The van der Waals surface area contributed by atoms with Gasteiger partial charge >= 0.3 is 0 Å². The highest BCUT2D eigenvalue weighted by Gasteiger charge is 2.25. The molecule has 13 heavy (non-hydrogen) atoms. The van der Waals surface area contributed by atoms with Crippen LogP contribution >= 0.6 is 0 Å². The molecule has 0 aliphatic rings. The van der Waals surface area contributed by atoms with Crippen LogP contribution in [-0.2, 0) is 5.85 Å². The summed E-state index contributed by atoms with van der Waals surface area (Å²) >= 11 is 0. The van der Waals surface area contributed by atoms with Crippen molar-refractivity contribution < 1.29 is 9.50 Å². The van der Waals surface area contributed by atoms with E-state index in [-0.39, 0.29) is 5.56 Å². The van der Waals surface area contributed by atoms with E-state index in [1.165, 1.54) is 6.20 Å². The lowest BCUT2D eigenvalue weighted by Gasteiger charge is -2.10. The molecule has 0 spiro atoms. The molecule has 0 fully saturated rings. The first kappa shape index (κ1) is 8.19. The Kier molecular flexibility index (Phi) is 1.60. The van der Waals surface area contributed by atoms with Crippen molar-refractivity contribution in [1.82, 2.24) is 9.97 Å². The summed E-state index contributed by atoms with van der Waals surface area (Å²) in [4.78, 5) is 6.77. The number of hydrogen-bond acceptors (Lipinski definition) is 2. The van der Waals surface area contributed by atoms with Gasteiger partial charge in [0.2, 0.25) is 5.85 Å². The molecule has 4 heteroatoms. The Balaban J connectivity index is 2.72. The average Bonchev–Trinajstić information content (AvgIpc) is 2.45. The van der Waals surface area contributed by atoms with Crippen LogP contribution in [0, 0.1) is 0 Å². The van der Waals surface area contributed by atoms with E-state index in [4.69, 9.17) is 5.11 Å². The molecule has 0 saturated carbocycles. The van der Waals surface area contributed by atoms with Crippen molar-refractivity contribution in [3.8, 4) is 0 Å². The third-order valence-electron chi connectivity index (χ3n) is 1.94. The highest BCUT2D eigenvalue weighted by molar-refractivity contribution is 5.80. The van der Waals surface area contributed by atoms with Gasteiger partial charge in [0.05, 0.1) is 0 Å². The van der Waals surface area contributed by atoms with Crippen molar-refractivity contribution in [2.45, 2.75) is 12.8 Å². The van der Waals surface area contributed by atoms with Gasteiger partial charge in [-0.2, -0.15) is 0 Å². The molecule has 2 N–H and O–H groups in total. The minimum Gasteiger partial charge on any atom is -0.358 e. The number of rotatable bonds is 1. The van der Waals surface area contributed by atoms with Gasteiger partial charge in [0.15, 0.2) is 0 Å². The molecule has 0 aliphatic heterocycles. The number of nitrogens with zero attached hydrogens (tertiary/aromatic N) is 1. The van der Waals surface area contributed by atoms with Gasteiger partial charge in [-0.15, -0.1) is 0 Å². The summed E-state index contributed by atoms with van der Waals surface area (Å²) < 4.78 is 13.2. The second-order valence-electron chi connectivity index (χ2n) is 3.06. The molecule has 3 nitrogen and oxygen atoms in total. The minimum absolute atomic E-state index is 0.218. The van der Waals surface area contributed by atoms with Gasteiger partial charge in [-0.1, -0.05) is 0 Å². The normalized spacial score (nSPS) is 15.9. The number of H-pyrrole nitrogens is 1. The number of pyridine rings is 1. The number of hydrogen-bond donors (Lipinski definition) is 2. The predicted octanol–water partition coefficient (Wildman–Crippen LogP) is 1.70. The molecule has 0 radical (unpaired) electrons. The highest BCUT2D eigenvalue weighted by atomic mass is 19.2. The molecule has 0 aromatic carbocycles. The summed E-state index contributed by atoms with van der Waals surface area (Å²) in [5, 5.41) is 9.77. The third-order valence-corrected chi connectivity index (χ3v) is 1.94. The molecule has 0 amide bonds. The SMILES string of the molecule is CC(O)(F)c1c[nH]c2ncccc12. The Morgan fingerprint density at radius 2 is 2.38 bits per heavy atom. The fourth-order valence-electron chi connectivity index (χ4n) is 1.33. The number of nitrogens with one attached hydrogen (secondary N) is 1. The maximum absolute atomic E-state index is 13.2. The standard InChI is InChI=1S/C9H9FN2O/c1-9(10,13)7-5-12-8-6(7)3-2-4-11-8/h2-5,13H,1H3,(H,11,12). The molecule has 1 unspecified atom stereocenters. The monoisotopic (exact) mass is 180 g/mol. The first-order chi connectivity index (χ1) is 6.09. The van der Waals surface area contributed by atoms with Crippen molar-refractivity contribution >= 4 is 11.0 Å². The van der Waals surface area contributed by atoms with Crippen LogP contribution in [0.1, 0.15) is 12.5 Å². The fraction of sp³-hybridized carbons (Fsp3) is 0.222. The van der Waals surface area contributed by atoms with Gasteiger partial charge < -0.3 is 10.1 Å². The van der Waals surface area contributed by atoms with E-state index in [0.29, 0.717) is 11.0 Å². The molecule has 0 aliphatic carbocycles. The first-order valence-corrected chi connectivity index (χ1v) is 3.93. The maximum atomic E-state index is 13.2. The maximum Gasteiger partial charge on any atom is 0.232 e. The summed E-state index contributed by atoms with van der Waals surface area (Å²) in [6.07, 6.45) is 3.03. The van der Waals surface area contributed by atoms with Crippen LogP contribution in [0.15, 0.2) is 24.5 Å². The van der Waals surface area contributed by atoms with E-state index in [1.807, 2.05) is 0 Å². The molecule has 0 bridgehead atoms. The van der Waals surface area contributed by atoms with Crippen molar-refractivity contribution in [1.29, 1.82) is 0 Å². The molecule has 2 aromatic heterocycles. The Bertz CT molecular complexity index is 430. The van der Waals surface area contributed by atoms with Crippen LogP contribution in [0.5, 0.6) is 0 Å². The van der Waals surface area contributed by atoms with Gasteiger partial charge in [-0.3, -0.25) is 0 Å². The highest BCUT2D eigenvalue weighted by Crippen LogP contribution is 2.28. The van der Waals surface area contributed by atoms with E-state index in [1.54, 1.807) is 18.3 Å².